The lowest BCUT2D eigenvalue weighted by atomic mass is 9.93. The molecule has 0 bridgehead atoms. The van der Waals surface area contributed by atoms with E-state index < -0.39 is 23.2 Å². The number of carbonyl (C=O) groups is 2. The first-order valence-electron chi connectivity index (χ1n) is 10.4. The van der Waals surface area contributed by atoms with Crippen molar-refractivity contribution in [2.45, 2.75) is 38.3 Å². The summed E-state index contributed by atoms with van der Waals surface area (Å²) in [5.74, 6) is -0.724. The minimum Gasteiger partial charge on any atom is -0.342 e. The van der Waals surface area contributed by atoms with Gasteiger partial charge in [-0.15, -0.1) is 0 Å². The predicted molar refractivity (Wildman–Crippen MR) is 106 cm³/mol. The van der Waals surface area contributed by atoms with Crippen LogP contribution in [-0.4, -0.2) is 52.8 Å². The van der Waals surface area contributed by atoms with Crippen LogP contribution >= 0.6 is 0 Å². The van der Waals surface area contributed by atoms with Crippen molar-refractivity contribution in [3.63, 3.8) is 0 Å². The molecule has 1 aromatic carbocycles. The van der Waals surface area contributed by atoms with E-state index in [1.807, 2.05) is 4.90 Å². The highest BCUT2D eigenvalue weighted by Gasteiger charge is 2.39. The number of pyridine rings is 1. The maximum absolute atomic E-state index is 13.8. The maximum Gasteiger partial charge on any atom is 0.417 e. The van der Waals surface area contributed by atoms with Gasteiger partial charge in [-0.05, 0) is 38.2 Å². The molecule has 3 heterocycles. The highest BCUT2D eigenvalue weighted by molar-refractivity contribution is 6.00. The fourth-order valence-corrected chi connectivity index (χ4v) is 4.48. The lowest BCUT2D eigenvalue weighted by molar-refractivity contribution is -0.137. The summed E-state index contributed by atoms with van der Waals surface area (Å²) in [6.07, 6.45) is 0.468. The van der Waals surface area contributed by atoms with Crippen molar-refractivity contribution in [2.24, 2.45) is 5.92 Å². The second-order valence-corrected chi connectivity index (χ2v) is 8.01. The van der Waals surface area contributed by atoms with Crippen LogP contribution in [0.2, 0.25) is 0 Å². The molecule has 0 N–H and O–H groups in total. The number of fused-ring (bicyclic) bond motifs is 1. The zero-order chi connectivity index (χ0) is 21.3. The van der Waals surface area contributed by atoms with E-state index in [1.54, 1.807) is 6.07 Å². The van der Waals surface area contributed by atoms with Gasteiger partial charge >= 0.3 is 6.18 Å². The first-order valence-corrected chi connectivity index (χ1v) is 10.4. The van der Waals surface area contributed by atoms with E-state index in [1.165, 1.54) is 23.1 Å². The zero-order valence-electron chi connectivity index (χ0n) is 16.6. The molecule has 2 aliphatic heterocycles. The monoisotopic (exact) mass is 419 g/mol. The van der Waals surface area contributed by atoms with Crippen LogP contribution in [0.1, 0.15) is 48.0 Å². The number of likely N-dealkylation sites (tertiary alicyclic amines) is 2. The van der Waals surface area contributed by atoms with Gasteiger partial charge in [0.1, 0.15) is 0 Å². The fraction of sp³-hybridized carbons (Fsp3) is 0.500. The summed E-state index contributed by atoms with van der Waals surface area (Å²) in [4.78, 5) is 33.0. The largest absolute Gasteiger partial charge is 0.417 e. The molecule has 2 fully saturated rings. The second-order valence-electron chi connectivity index (χ2n) is 8.01. The lowest BCUT2D eigenvalue weighted by Gasteiger charge is -2.35. The number of hydrogen-bond acceptors (Lipinski definition) is 3. The Morgan fingerprint density at radius 1 is 0.933 bits per heavy atom. The number of nitrogens with zero attached hydrogens (tertiary/aromatic N) is 3. The molecule has 2 saturated heterocycles. The van der Waals surface area contributed by atoms with Crippen molar-refractivity contribution >= 4 is 22.7 Å². The van der Waals surface area contributed by atoms with E-state index in [-0.39, 0.29) is 35.8 Å². The van der Waals surface area contributed by atoms with Gasteiger partial charge in [-0.25, -0.2) is 0 Å². The standard InChI is InChI=1S/C22H24F3N3O2/c23-22(24,25)19-16-6-2-3-7-18(16)26-14-17(19)21(30)28-12-8-15(9-13-28)20(29)27-10-4-1-5-11-27/h2-3,6-7,14-15H,1,4-5,8-13H2. The van der Waals surface area contributed by atoms with Crippen LogP contribution in [0.25, 0.3) is 10.9 Å². The minimum atomic E-state index is -4.67. The van der Waals surface area contributed by atoms with Crippen LogP contribution in [-0.2, 0) is 11.0 Å². The molecule has 2 amide bonds. The normalized spacial score (nSPS) is 18.6. The Morgan fingerprint density at radius 2 is 1.60 bits per heavy atom. The molecule has 0 unspecified atom stereocenters. The molecule has 160 valence electrons. The number of piperidine rings is 2. The van der Waals surface area contributed by atoms with Crippen molar-refractivity contribution in [1.29, 1.82) is 0 Å². The number of aromatic nitrogens is 1. The number of hydrogen-bond donors (Lipinski definition) is 0. The SMILES string of the molecule is O=C(c1cnc2ccccc2c1C(F)(F)F)N1CCC(C(=O)N2CCCCC2)CC1. The number of benzene rings is 1. The van der Waals surface area contributed by atoms with Crippen LogP contribution in [0.3, 0.4) is 0 Å². The highest BCUT2D eigenvalue weighted by Crippen LogP contribution is 2.37. The zero-order valence-corrected chi connectivity index (χ0v) is 16.6. The first-order chi connectivity index (χ1) is 14.4. The van der Waals surface area contributed by atoms with Gasteiger partial charge in [0, 0.05) is 43.7 Å². The molecule has 0 saturated carbocycles. The lowest BCUT2D eigenvalue weighted by Crippen LogP contribution is -2.46. The highest BCUT2D eigenvalue weighted by atomic mass is 19.4. The number of para-hydroxylation sites is 1. The number of alkyl halides is 3. The third kappa shape index (κ3) is 4.00. The van der Waals surface area contributed by atoms with Crippen molar-refractivity contribution in [3.05, 3.63) is 41.6 Å². The average molecular weight is 419 g/mol. The van der Waals surface area contributed by atoms with E-state index in [0.29, 0.717) is 12.8 Å². The van der Waals surface area contributed by atoms with E-state index >= 15 is 0 Å². The predicted octanol–water partition coefficient (Wildman–Crippen LogP) is 4.12. The minimum absolute atomic E-state index is 0.0778. The van der Waals surface area contributed by atoms with E-state index in [2.05, 4.69) is 4.98 Å². The molecule has 2 aromatic rings. The van der Waals surface area contributed by atoms with Crippen LogP contribution in [0, 0.1) is 5.92 Å². The topological polar surface area (TPSA) is 53.5 Å². The summed E-state index contributed by atoms with van der Waals surface area (Å²) >= 11 is 0. The molecule has 2 aliphatic rings. The Balaban J connectivity index is 1.52. The Bertz CT molecular complexity index is 946. The molecular weight excluding hydrogens is 395 g/mol. The quantitative estimate of drug-likeness (QED) is 0.736. The van der Waals surface area contributed by atoms with Gasteiger partial charge in [-0.3, -0.25) is 14.6 Å². The van der Waals surface area contributed by atoms with Crippen molar-refractivity contribution in [2.75, 3.05) is 26.2 Å². The maximum atomic E-state index is 13.8. The van der Waals surface area contributed by atoms with E-state index in [4.69, 9.17) is 0 Å². The van der Waals surface area contributed by atoms with Gasteiger partial charge in [0.15, 0.2) is 0 Å². The van der Waals surface area contributed by atoms with Gasteiger partial charge in [-0.2, -0.15) is 13.2 Å². The van der Waals surface area contributed by atoms with Crippen LogP contribution in [0.5, 0.6) is 0 Å². The molecule has 0 aliphatic carbocycles. The molecule has 4 rings (SSSR count). The van der Waals surface area contributed by atoms with Crippen LogP contribution in [0.15, 0.2) is 30.5 Å². The summed E-state index contributed by atoms with van der Waals surface area (Å²) < 4.78 is 41.5. The van der Waals surface area contributed by atoms with E-state index in [9.17, 15) is 22.8 Å². The van der Waals surface area contributed by atoms with Crippen LogP contribution in [0.4, 0.5) is 13.2 Å². The van der Waals surface area contributed by atoms with Crippen LogP contribution < -0.4 is 0 Å². The summed E-state index contributed by atoms with van der Waals surface area (Å²) in [5, 5.41) is -0.0778. The number of halogens is 3. The number of carbonyl (C=O) groups excluding carboxylic acids is 2. The number of rotatable bonds is 2. The Kier molecular flexibility index (Phi) is 5.66. The first kappa shape index (κ1) is 20.6. The smallest absolute Gasteiger partial charge is 0.342 e. The molecule has 0 radical (unpaired) electrons. The van der Waals surface area contributed by atoms with Crippen molar-refractivity contribution in [3.8, 4) is 0 Å². The Labute approximate surface area is 172 Å². The molecular formula is C22H24F3N3O2. The van der Waals surface area contributed by atoms with E-state index in [0.717, 1.165) is 38.5 Å². The molecule has 8 heteroatoms. The van der Waals surface area contributed by atoms with Crippen molar-refractivity contribution < 1.29 is 22.8 Å². The van der Waals surface area contributed by atoms with Gasteiger partial charge in [0.05, 0.1) is 16.6 Å². The second kappa shape index (κ2) is 8.24. The summed E-state index contributed by atoms with van der Waals surface area (Å²) in [6, 6.07) is 5.95. The molecule has 0 spiro atoms. The Hall–Kier alpha value is -2.64. The number of amides is 2. The Morgan fingerprint density at radius 3 is 2.27 bits per heavy atom. The molecule has 5 nitrogen and oxygen atoms in total. The van der Waals surface area contributed by atoms with Crippen molar-refractivity contribution in [1.82, 2.24) is 14.8 Å². The van der Waals surface area contributed by atoms with Gasteiger partial charge in [0.2, 0.25) is 5.91 Å². The summed E-state index contributed by atoms with van der Waals surface area (Å²) in [6.45, 7) is 2.09. The molecule has 1 aromatic heterocycles. The third-order valence-electron chi connectivity index (χ3n) is 6.09. The molecule has 0 atom stereocenters. The summed E-state index contributed by atoms with van der Waals surface area (Å²) in [7, 11) is 0. The fourth-order valence-electron chi connectivity index (χ4n) is 4.48. The third-order valence-corrected chi connectivity index (χ3v) is 6.09. The van der Waals surface area contributed by atoms with Gasteiger partial charge < -0.3 is 9.80 Å². The molecule has 30 heavy (non-hydrogen) atoms. The van der Waals surface area contributed by atoms with Gasteiger partial charge in [0.25, 0.3) is 5.91 Å². The van der Waals surface area contributed by atoms with Gasteiger partial charge in [-0.1, -0.05) is 18.2 Å². The average Bonchev–Trinajstić information content (AvgIpc) is 2.77. The summed E-state index contributed by atoms with van der Waals surface area (Å²) in [5.41, 5.74) is -1.17.